The zero-order chi connectivity index (χ0) is 15.5. The summed E-state index contributed by atoms with van der Waals surface area (Å²) in [5.74, 6) is -0.214. The lowest BCUT2D eigenvalue weighted by molar-refractivity contribution is -0.113. The summed E-state index contributed by atoms with van der Waals surface area (Å²) < 4.78 is 0. The van der Waals surface area contributed by atoms with Crippen molar-refractivity contribution in [2.45, 2.75) is 4.90 Å². The number of benzene rings is 2. The molecule has 0 saturated carbocycles. The van der Waals surface area contributed by atoms with Crippen LogP contribution in [0.15, 0.2) is 63.3 Å². The number of carbonyl (C=O) groups is 1. The van der Waals surface area contributed by atoms with E-state index in [1.807, 2.05) is 54.8 Å². The van der Waals surface area contributed by atoms with Crippen molar-refractivity contribution in [3.63, 3.8) is 0 Å². The smallest absolute Gasteiger partial charge is 0.266 e. The van der Waals surface area contributed by atoms with Crippen LogP contribution in [0.1, 0.15) is 11.1 Å². The molecule has 2 nitrogen and oxygen atoms in total. The van der Waals surface area contributed by atoms with Gasteiger partial charge >= 0.3 is 0 Å². The molecule has 22 heavy (non-hydrogen) atoms. The third-order valence-corrected chi connectivity index (χ3v) is 5.23. The first-order valence-electron chi connectivity index (χ1n) is 6.59. The monoisotopic (exact) mass is 345 g/mol. The normalized spacial score (nSPS) is 16.2. The summed E-state index contributed by atoms with van der Waals surface area (Å²) in [5, 5.41) is 1.26. The van der Waals surface area contributed by atoms with Gasteiger partial charge in [0.1, 0.15) is 5.04 Å². The highest BCUT2D eigenvalue weighted by Gasteiger charge is 2.24. The summed E-state index contributed by atoms with van der Waals surface area (Å²) in [6.07, 6.45) is 3.90. The second-order valence-electron chi connectivity index (χ2n) is 4.59. The van der Waals surface area contributed by atoms with E-state index in [1.54, 1.807) is 17.8 Å². The minimum absolute atomic E-state index is 0.214. The Morgan fingerprint density at radius 3 is 2.55 bits per heavy atom. The highest BCUT2D eigenvalue weighted by Crippen LogP contribution is 2.34. The molecule has 1 aliphatic heterocycles. The average molecular weight is 346 g/mol. The van der Waals surface area contributed by atoms with Crippen LogP contribution in [-0.2, 0) is 4.79 Å². The minimum Gasteiger partial charge on any atom is -0.266 e. The summed E-state index contributed by atoms with van der Waals surface area (Å²) in [6.45, 7) is 0. The molecule has 0 unspecified atom stereocenters. The minimum atomic E-state index is -0.214. The molecule has 0 radical (unpaired) electrons. The van der Waals surface area contributed by atoms with Crippen LogP contribution >= 0.6 is 35.1 Å². The van der Waals surface area contributed by atoms with E-state index in [4.69, 9.17) is 11.6 Å². The van der Waals surface area contributed by atoms with E-state index in [0.29, 0.717) is 15.0 Å². The Labute approximate surface area is 142 Å². The number of thioether (sulfide) groups is 2. The highest BCUT2D eigenvalue weighted by atomic mass is 35.5. The fourth-order valence-corrected chi connectivity index (χ4v) is 3.65. The zero-order valence-corrected chi connectivity index (χ0v) is 14.1. The van der Waals surface area contributed by atoms with Crippen molar-refractivity contribution in [3.05, 3.63) is 69.6 Å². The van der Waals surface area contributed by atoms with Gasteiger partial charge < -0.3 is 0 Å². The van der Waals surface area contributed by atoms with E-state index in [-0.39, 0.29) is 5.91 Å². The van der Waals surface area contributed by atoms with Crippen LogP contribution in [0.25, 0.3) is 6.08 Å². The van der Waals surface area contributed by atoms with Gasteiger partial charge in [-0.1, -0.05) is 53.7 Å². The largest absolute Gasteiger partial charge is 0.284 e. The lowest BCUT2D eigenvalue weighted by Gasteiger charge is -2.01. The predicted molar refractivity (Wildman–Crippen MR) is 96.8 cm³/mol. The van der Waals surface area contributed by atoms with Crippen LogP contribution in [0.5, 0.6) is 0 Å². The second kappa shape index (κ2) is 6.73. The summed E-state index contributed by atoms with van der Waals surface area (Å²) in [6, 6.07) is 15.5. The fourth-order valence-electron chi connectivity index (χ4n) is 2.01. The molecule has 1 amide bonds. The molecule has 0 atom stereocenters. The maximum atomic E-state index is 12.1. The SMILES string of the molecule is CSc1ccc(C=C2SC(c3ccccc3Cl)=NC2=O)cc1. The molecule has 0 aromatic heterocycles. The molecule has 0 N–H and O–H groups in total. The van der Waals surface area contributed by atoms with E-state index in [1.165, 1.54) is 16.7 Å². The summed E-state index contributed by atoms with van der Waals surface area (Å²) >= 11 is 9.22. The van der Waals surface area contributed by atoms with E-state index in [9.17, 15) is 4.79 Å². The molecule has 0 spiro atoms. The van der Waals surface area contributed by atoms with Gasteiger partial charge in [0.25, 0.3) is 5.91 Å². The number of hydrogen-bond acceptors (Lipinski definition) is 3. The van der Waals surface area contributed by atoms with Crippen LogP contribution in [0.4, 0.5) is 0 Å². The van der Waals surface area contributed by atoms with Gasteiger partial charge in [-0.3, -0.25) is 4.79 Å². The number of nitrogens with zero attached hydrogens (tertiary/aromatic N) is 1. The first-order chi connectivity index (χ1) is 10.7. The van der Waals surface area contributed by atoms with Crippen molar-refractivity contribution in [2.24, 2.45) is 4.99 Å². The Kier molecular flexibility index (Phi) is 4.71. The van der Waals surface area contributed by atoms with Crippen molar-refractivity contribution in [3.8, 4) is 0 Å². The van der Waals surface area contributed by atoms with Crippen molar-refractivity contribution < 1.29 is 4.79 Å². The molecule has 0 saturated heterocycles. The fraction of sp³-hybridized carbons (Fsp3) is 0.0588. The number of hydrogen-bond donors (Lipinski definition) is 0. The number of carbonyl (C=O) groups excluding carboxylic acids is 1. The van der Waals surface area contributed by atoms with Gasteiger partial charge in [-0.15, -0.1) is 11.8 Å². The van der Waals surface area contributed by atoms with Crippen molar-refractivity contribution in [2.75, 3.05) is 6.26 Å². The third kappa shape index (κ3) is 3.29. The Hall–Kier alpha value is -1.49. The number of aliphatic imine (C=N–C) groups is 1. The van der Waals surface area contributed by atoms with E-state index in [2.05, 4.69) is 4.99 Å². The molecular weight excluding hydrogens is 334 g/mol. The molecule has 5 heteroatoms. The Bertz CT molecular complexity index is 782. The Morgan fingerprint density at radius 2 is 1.86 bits per heavy atom. The van der Waals surface area contributed by atoms with Crippen molar-refractivity contribution in [1.82, 2.24) is 0 Å². The molecule has 0 bridgehead atoms. The third-order valence-electron chi connectivity index (χ3n) is 3.14. The average Bonchev–Trinajstić information content (AvgIpc) is 2.89. The number of halogens is 1. The van der Waals surface area contributed by atoms with Crippen LogP contribution in [0.2, 0.25) is 5.02 Å². The maximum Gasteiger partial charge on any atom is 0.284 e. The molecule has 0 fully saturated rings. The standard InChI is InChI=1S/C17H12ClNOS2/c1-21-12-8-6-11(7-9-12)10-15-16(20)19-17(22-15)13-4-2-3-5-14(13)18/h2-10H,1H3. The van der Waals surface area contributed by atoms with Gasteiger partial charge in [0.15, 0.2) is 0 Å². The lowest BCUT2D eigenvalue weighted by atomic mass is 10.2. The summed E-state index contributed by atoms with van der Waals surface area (Å²) in [5.41, 5.74) is 1.79. The summed E-state index contributed by atoms with van der Waals surface area (Å²) in [4.78, 5) is 18.0. The molecule has 3 rings (SSSR count). The van der Waals surface area contributed by atoms with Gasteiger partial charge in [-0.25, -0.2) is 4.99 Å². The zero-order valence-electron chi connectivity index (χ0n) is 11.7. The molecule has 0 aliphatic carbocycles. The Morgan fingerprint density at radius 1 is 1.14 bits per heavy atom. The van der Waals surface area contributed by atoms with Crippen molar-refractivity contribution in [1.29, 1.82) is 0 Å². The van der Waals surface area contributed by atoms with Crippen LogP contribution in [0.3, 0.4) is 0 Å². The Balaban J connectivity index is 1.85. The molecule has 2 aromatic carbocycles. The molecule has 110 valence electrons. The van der Waals surface area contributed by atoms with Crippen molar-refractivity contribution >= 4 is 52.2 Å². The van der Waals surface area contributed by atoms with Crippen LogP contribution in [-0.4, -0.2) is 17.2 Å². The first kappa shape index (κ1) is 15.4. The molecule has 1 heterocycles. The lowest BCUT2D eigenvalue weighted by Crippen LogP contribution is -1.92. The van der Waals surface area contributed by atoms with E-state index < -0.39 is 0 Å². The molecule has 1 aliphatic rings. The van der Waals surface area contributed by atoms with Gasteiger partial charge in [0.05, 0.1) is 9.93 Å². The van der Waals surface area contributed by atoms with Gasteiger partial charge in [0, 0.05) is 10.5 Å². The maximum absolute atomic E-state index is 12.1. The van der Waals surface area contributed by atoms with E-state index >= 15 is 0 Å². The van der Waals surface area contributed by atoms with Crippen LogP contribution < -0.4 is 0 Å². The van der Waals surface area contributed by atoms with Crippen LogP contribution in [0, 0.1) is 0 Å². The molecule has 2 aromatic rings. The molecular formula is C17H12ClNOS2. The topological polar surface area (TPSA) is 29.4 Å². The first-order valence-corrected chi connectivity index (χ1v) is 9.01. The highest BCUT2D eigenvalue weighted by molar-refractivity contribution is 8.19. The quantitative estimate of drug-likeness (QED) is 0.571. The predicted octanol–water partition coefficient (Wildman–Crippen LogP) is 5.12. The second-order valence-corrected chi connectivity index (χ2v) is 6.90. The number of rotatable bonds is 3. The van der Waals surface area contributed by atoms with Gasteiger partial charge in [-0.2, -0.15) is 0 Å². The van der Waals surface area contributed by atoms with Gasteiger partial charge in [0.2, 0.25) is 0 Å². The van der Waals surface area contributed by atoms with E-state index in [0.717, 1.165) is 11.1 Å². The van der Waals surface area contributed by atoms with Gasteiger partial charge in [-0.05, 0) is 36.1 Å². The summed E-state index contributed by atoms with van der Waals surface area (Å²) in [7, 11) is 0. The number of amides is 1.